The van der Waals surface area contributed by atoms with Gasteiger partial charge in [-0.2, -0.15) is 6.42 Å². The van der Waals surface area contributed by atoms with Gasteiger partial charge in [0.05, 0.1) is 0 Å². The summed E-state index contributed by atoms with van der Waals surface area (Å²) in [6.07, 6.45) is 2.81. The van der Waals surface area contributed by atoms with Crippen molar-refractivity contribution in [3.05, 3.63) is 48.9 Å². The van der Waals surface area contributed by atoms with Crippen molar-refractivity contribution in [3.8, 4) is 0 Å². The molecule has 1 aromatic rings. The average molecular weight is 361 g/mol. The van der Waals surface area contributed by atoms with Gasteiger partial charge in [-0.05, 0) is 17.7 Å². The molecule has 1 rings (SSSR count). The second kappa shape index (κ2) is 29.5. The first kappa shape index (κ1) is 30.4. The van der Waals surface area contributed by atoms with Crippen LogP contribution in [0.1, 0.15) is 17.5 Å². The Bertz CT molecular complexity index is 309. The Hall–Kier alpha value is -0.526. The molecular weight excluding hydrogens is 328 g/mol. The van der Waals surface area contributed by atoms with Gasteiger partial charge in [-0.1, -0.05) is 36.9 Å². The summed E-state index contributed by atoms with van der Waals surface area (Å²) in [5.41, 5.74) is 2.48. The van der Waals surface area contributed by atoms with Crippen LogP contribution in [0.2, 0.25) is 0 Å². The van der Waals surface area contributed by atoms with Crippen molar-refractivity contribution in [2.45, 2.75) is 13.0 Å². The number of hydrogen-bond donors (Lipinski definition) is 5. The molecule has 5 nitrogen and oxygen atoms in total. The molecule has 1 aromatic carbocycles. The molecule has 23 heavy (non-hydrogen) atoms. The number of aliphatic hydroxyl groups excluding tert-OH is 3. The minimum atomic E-state index is 0. The Morgan fingerprint density at radius 1 is 0.913 bits per heavy atom. The van der Waals surface area contributed by atoms with E-state index in [9.17, 15) is 0 Å². The molecule has 0 radical (unpaired) electrons. The van der Waals surface area contributed by atoms with Gasteiger partial charge in [0.15, 0.2) is 0 Å². The topological polar surface area (TPSA) is 84.8 Å². The molecule has 0 heterocycles. The van der Waals surface area contributed by atoms with Crippen LogP contribution in [0.25, 0.3) is 6.08 Å². The van der Waals surface area contributed by atoms with E-state index in [2.05, 4.69) is 48.4 Å². The molecule has 0 spiro atoms. The maximum Gasteiger partial charge on any atom is 0.0319 e. The molecule has 0 amide bonds. The molecule has 5 N–H and O–H groups in total. The summed E-state index contributed by atoms with van der Waals surface area (Å²) < 4.78 is 0. The molecule has 0 aliphatic rings. The van der Waals surface area contributed by atoms with Crippen LogP contribution in [0, 0.1) is 6.92 Å². The monoisotopic (exact) mass is 361 g/mol. The van der Waals surface area contributed by atoms with E-state index < -0.39 is 0 Å². The molecule has 0 unspecified atom stereocenters. The number of nitrogens with one attached hydrogen (secondary N) is 2. The smallest absolute Gasteiger partial charge is 0.0319 e. The van der Waals surface area contributed by atoms with Gasteiger partial charge in [0.2, 0.25) is 0 Å². The molecule has 0 aromatic heterocycles. The van der Waals surface area contributed by atoms with Crippen LogP contribution in [0.5, 0.6) is 0 Å². The van der Waals surface area contributed by atoms with Crippen LogP contribution >= 0.6 is 0 Å². The van der Waals surface area contributed by atoms with Crippen molar-refractivity contribution >= 4 is 6.08 Å². The van der Waals surface area contributed by atoms with Gasteiger partial charge in [0.1, 0.15) is 0 Å². The molecule has 0 atom stereocenters. The normalized spacial score (nSPS) is 7.96. The van der Waals surface area contributed by atoms with E-state index in [0.717, 1.165) is 53.9 Å². The zero-order chi connectivity index (χ0) is 17.6. The summed E-state index contributed by atoms with van der Waals surface area (Å²) in [5, 5.41) is 27.7. The van der Waals surface area contributed by atoms with Gasteiger partial charge in [-0.25, -0.2) is 0 Å². The zero-order valence-corrected chi connectivity index (χ0v) is 16.2. The van der Waals surface area contributed by atoms with Crippen molar-refractivity contribution in [2.24, 2.45) is 0 Å². The van der Waals surface area contributed by atoms with E-state index in [1.54, 1.807) is 0 Å². The Labute approximate surface area is 156 Å². The molecule has 0 aliphatic carbocycles. The molecule has 134 valence electrons. The van der Waals surface area contributed by atoms with Gasteiger partial charge >= 0.3 is 0 Å². The van der Waals surface area contributed by atoms with E-state index in [1.807, 2.05) is 6.08 Å². The summed E-state index contributed by atoms with van der Waals surface area (Å²) in [7, 11) is 3.00. The van der Waals surface area contributed by atoms with Crippen molar-refractivity contribution < 1.29 is 37.0 Å². The molecule has 0 saturated carbocycles. The first-order valence-electron chi connectivity index (χ1n) is 7.13. The summed E-state index contributed by atoms with van der Waals surface area (Å²) in [5.74, 6) is 0. The Balaban J connectivity index is -0.000000231. The maximum atomic E-state index is 7.00. The van der Waals surface area contributed by atoms with E-state index in [0.29, 0.717) is 0 Å². The molecule has 0 saturated heterocycles. The third kappa shape index (κ3) is 21.5. The van der Waals surface area contributed by atoms with Crippen LogP contribution in [0.15, 0.2) is 30.8 Å². The predicted octanol–water partition coefficient (Wildman–Crippen LogP) is 1.06. The van der Waals surface area contributed by atoms with Crippen LogP contribution in [-0.2, 0) is 28.3 Å². The Morgan fingerprint density at radius 3 is 1.83 bits per heavy atom. The predicted molar refractivity (Wildman–Crippen MR) is 95.5 cm³/mol. The van der Waals surface area contributed by atoms with E-state index in [4.69, 9.17) is 15.3 Å². The van der Waals surface area contributed by atoms with Crippen LogP contribution in [0.4, 0.5) is 0 Å². The summed E-state index contributed by atoms with van der Waals surface area (Å²) in [6, 6.07) is 8.44. The zero-order valence-electron chi connectivity index (χ0n) is 14.7. The van der Waals surface area contributed by atoms with Crippen LogP contribution in [-0.4, -0.2) is 56.3 Å². The fourth-order valence-corrected chi connectivity index (χ4v) is 1.43. The van der Waals surface area contributed by atoms with E-state index >= 15 is 0 Å². The molecular formula is C17H33N2O3Ti-. The third-order valence-corrected chi connectivity index (χ3v) is 2.38. The maximum absolute atomic E-state index is 7.00. The second-order valence-corrected chi connectivity index (χ2v) is 3.73. The van der Waals surface area contributed by atoms with E-state index in [-0.39, 0.29) is 21.7 Å². The van der Waals surface area contributed by atoms with Gasteiger partial charge < -0.3 is 32.9 Å². The summed E-state index contributed by atoms with van der Waals surface area (Å²) in [6.45, 7) is 11.4. The quantitative estimate of drug-likeness (QED) is 0.272. The van der Waals surface area contributed by atoms with Crippen molar-refractivity contribution in [2.75, 3.05) is 41.0 Å². The number of benzene rings is 1. The Morgan fingerprint density at radius 2 is 1.39 bits per heavy atom. The molecule has 0 aliphatic heterocycles. The van der Waals surface area contributed by atoms with Crippen molar-refractivity contribution in [3.63, 3.8) is 0 Å². The van der Waals surface area contributed by atoms with Crippen LogP contribution < -0.4 is 10.6 Å². The molecule has 0 bridgehead atoms. The van der Waals surface area contributed by atoms with Gasteiger partial charge in [-0.3, -0.25) is 0 Å². The first-order chi connectivity index (χ1) is 10.9. The van der Waals surface area contributed by atoms with Gasteiger partial charge in [-0.15, -0.1) is 0 Å². The molecule has 0 fully saturated rings. The van der Waals surface area contributed by atoms with Gasteiger partial charge in [0, 0.05) is 62.7 Å². The summed E-state index contributed by atoms with van der Waals surface area (Å²) in [4.78, 5) is 0. The van der Waals surface area contributed by atoms with Gasteiger partial charge in [0.25, 0.3) is 0 Å². The standard InChI is InChI=1S/C14H21N2.3CH4O.Ti/c1-3-9-15-10-11-16-12-14-7-5-13(4-2)6-8-14;3*1-2;/h4-8,15-16H,1-3,9-12H2;3*2H,1H3;/q-1;;;;. The fraction of sp³-hybridized carbons (Fsp3) is 0.471. The fourth-order valence-electron chi connectivity index (χ4n) is 1.43. The minimum Gasteiger partial charge on any atom is -0.400 e. The number of aliphatic hydroxyl groups is 3. The van der Waals surface area contributed by atoms with Crippen molar-refractivity contribution in [1.82, 2.24) is 10.6 Å². The SMILES string of the molecule is C=Cc1ccc(CNCCNCC[CH2-])cc1.CO.CO.CO.[Ti]. The first-order valence-corrected chi connectivity index (χ1v) is 7.13. The Kier molecular flexibility index (Phi) is 38.9. The largest absolute Gasteiger partial charge is 0.400 e. The summed E-state index contributed by atoms with van der Waals surface area (Å²) >= 11 is 0. The minimum absolute atomic E-state index is 0. The third-order valence-electron chi connectivity index (χ3n) is 2.38. The molecule has 6 heteroatoms. The van der Waals surface area contributed by atoms with Crippen LogP contribution in [0.3, 0.4) is 0 Å². The average Bonchev–Trinajstić information content (AvgIpc) is 2.63. The second-order valence-electron chi connectivity index (χ2n) is 3.73. The number of hydrogen-bond acceptors (Lipinski definition) is 5. The number of rotatable bonds is 8. The van der Waals surface area contributed by atoms with Crippen molar-refractivity contribution in [1.29, 1.82) is 0 Å². The van der Waals surface area contributed by atoms with E-state index in [1.165, 1.54) is 11.1 Å².